The summed E-state index contributed by atoms with van der Waals surface area (Å²) in [7, 11) is 3.44. The van der Waals surface area contributed by atoms with Crippen molar-refractivity contribution in [1.82, 2.24) is 0 Å². The van der Waals surface area contributed by atoms with Crippen LogP contribution in [-0.2, 0) is 0 Å². The first-order valence-corrected chi connectivity index (χ1v) is 9.00. The van der Waals surface area contributed by atoms with Gasteiger partial charge in [0.25, 0.3) is 0 Å². The molecule has 5 rings (SSSR count). The van der Waals surface area contributed by atoms with Gasteiger partial charge >= 0.3 is 0 Å². The molecule has 1 aromatic heterocycles. The number of methoxy groups -OCH3 is 2. The van der Waals surface area contributed by atoms with E-state index in [2.05, 4.69) is 54.6 Å². The molecule has 0 bridgehead atoms. The highest BCUT2D eigenvalue weighted by Crippen LogP contribution is 2.46. The van der Waals surface area contributed by atoms with Crippen LogP contribution in [0.4, 0.5) is 0 Å². The van der Waals surface area contributed by atoms with E-state index in [9.17, 15) is 0 Å². The van der Waals surface area contributed by atoms with E-state index >= 15 is 0 Å². The summed E-state index contributed by atoms with van der Waals surface area (Å²) in [4.78, 5) is 0. The molecule has 0 saturated heterocycles. The Hall–Kier alpha value is -2.78. The number of fused-ring (bicyclic) bond motifs is 7. The molecule has 122 valence electrons. The Kier molecular flexibility index (Phi) is 3.12. The molecule has 4 aromatic carbocycles. The zero-order chi connectivity index (χ0) is 17.0. The summed E-state index contributed by atoms with van der Waals surface area (Å²) in [5.74, 6) is 1.78. The molecule has 0 aliphatic carbocycles. The largest absolute Gasteiger partial charge is 0.497 e. The second-order valence-electron chi connectivity index (χ2n) is 6.13. The van der Waals surface area contributed by atoms with Crippen molar-refractivity contribution in [1.29, 1.82) is 0 Å². The summed E-state index contributed by atoms with van der Waals surface area (Å²) < 4.78 is 13.6. The molecule has 25 heavy (non-hydrogen) atoms. The van der Waals surface area contributed by atoms with Crippen molar-refractivity contribution < 1.29 is 9.47 Å². The van der Waals surface area contributed by atoms with E-state index in [4.69, 9.17) is 9.47 Å². The fourth-order valence-corrected chi connectivity index (χ4v) is 4.90. The fourth-order valence-electron chi connectivity index (χ4n) is 3.67. The van der Waals surface area contributed by atoms with Crippen LogP contribution >= 0.6 is 11.3 Å². The monoisotopic (exact) mass is 344 g/mol. The number of hydrogen-bond acceptors (Lipinski definition) is 3. The molecule has 0 saturated carbocycles. The summed E-state index contributed by atoms with van der Waals surface area (Å²) in [5.41, 5.74) is 0. The maximum absolute atomic E-state index is 5.72. The van der Waals surface area contributed by atoms with E-state index in [-0.39, 0.29) is 0 Å². The van der Waals surface area contributed by atoms with Gasteiger partial charge in [0.15, 0.2) is 0 Å². The Morgan fingerprint density at radius 3 is 2.40 bits per heavy atom. The molecular formula is C22H16O2S. The summed E-state index contributed by atoms with van der Waals surface area (Å²) >= 11 is 1.80. The lowest BCUT2D eigenvalue weighted by Crippen LogP contribution is -1.86. The van der Waals surface area contributed by atoms with Gasteiger partial charge in [-0.3, -0.25) is 0 Å². The van der Waals surface area contributed by atoms with Crippen LogP contribution < -0.4 is 9.47 Å². The van der Waals surface area contributed by atoms with E-state index < -0.39 is 0 Å². The minimum absolute atomic E-state index is 0.860. The highest BCUT2D eigenvalue weighted by molar-refractivity contribution is 7.26. The molecule has 0 N–H and O–H groups in total. The van der Waals surface area contributed by atoms with E-state index in [1.807, 2.05) is 6.07 Å². The normalized spacial score (nSPS) is 11.6. The van der Waals surface area contributed by atoms with Gasteiger partial charge in [-0.2, -0.15) is 0 Å². The maximum atomic E-state index is 5.72. The molecule has 0 aliphatic rings. The molecular weight excluding hydrogens is 328 g/mol. The third-order valence-electron chi connectivity index (χ3n) is 4.84. The van der Waals surface area contributed by atoms with Gasteiger partial charge in [0.05, 0.1) is 18.9 Å². The molecule has 3 heteroatoms. The number of benzene rings is 4. The van der Waals surface area contributed by atoms with Crippen LogP contribution in [0.25, 0.3) is 41.7 Å². The van der Waals surface area contributed by atoms with Gasteiger partial charge in [-0.1, -0.05) is 36.4 Å². The lowest BCUT2D eigenvalue weighted by molar-refractivity contribution is 0.415. The topological polar surface area (TPSA) is 18.5 Å². The molecule has 0 aliphatic heterocycles. The fraction of sp³-hybridized carbons (Fsp3) is 0.0909. The minimum Gasteiger partial charge on any atom is -0.497 e. The highest BCUT2D eigenvalue weighted by atomic mass is 32.1. The Bertz CT molecular complexity index is 1270. The van der Waals surface area contributed by atoms with Crippen molar-refractivity contribution in [2.24, 2.45) is 0 Å². The predicted octanol–water partition coefficient (Wildman–Crippen LogP) is 6.38. The Morgan fingerprint density at radius 2 is 1.56 bits per heavy atom. The van der Waals surface area contributed by atoms with Crippen molar-refractivity contribution in [3.8, 4) is 11.5 Å². The van der Waals surface area contributed by atoms with Crippen LogP contribution in [0.1, 0.15) is 0 Å². The van der Waals surface area contributed by atoms with Gasteiger partial charge in [0.2, 0.25) is 0 Å². The van der Waals surface area contributed by atoms with E-state index in [0.717, 1.165) is 16.9 Å². The van der Waals surface area contributed by atoms with Gasteiger partial charge in [-0.05, 0) is 45.8 Å². The van der Waals surface area contributed by atoms with Crippen LogP contribution in [0, 0.1) is 0 Å². The molecule has 0 unspecified atom stereocenters. The lowest BCUT2D eigenvalue weighted by Gasteiger charge is -2.08. The molecule has 0 fully saturated rings. The summed E-state index contributed by atoms with van der Waals surface area (Å²) in [6.45, 7) is 0. The van der Waals surface area contributed by atoms with Gasteiger partial charge in [-0.15, -0.1) is 11.3 Å². The molecule has 1 heterocycles. The van der Waals surface area contributed by atoms with Crippen molar-refractivity contribution in [3.63, 3.8) is 0 Å². The maximum Gasteiger partial charge on any atom is 0.137 e. The number of rotatable bonds is 2. The Labute approximate surface area is 149 Å². The van der Waals surface area contributed by atoms with Crippen LogP contribution in [-0.4, -0.2) is 14.2 Å². The van der Waals surface area contributed by atoms with Crippen LogP contribution in [0.3, 0.4) is 0 Å². The van der Waals surface area contributed by atoms with Crippen LogP contribution in [0.5, 0.6) is 11.5 Å². The average Bonchev–Trinajstić information content (AvgIpc) is 3.07. The Balaban J connectivity index is 2.08. The van der Waals surface area contributed by atoms with E-state index in [1.165, 1.54) is 36.3 Å². The third-order valence-corrected chi connectivity index (χ3v) is 6.01. The average molecular weight is 344 g/mol. The van der Waals surface area contributed by atoms with Gasteiger partial charge in [0.1, 0.15) is 11.5 Å². The SMILES string of the molecule is COc1ccc2c(c1)cc(OC)c1sc3ccc4ccccc4c3c12. The second-order valence-corrected chi connectivity index (χ2v) is 7.18. The van der Waals surface area contributed by atoms with Crippen molar-refractivity contribution in [2.75, 3.05) is 14.2 Å². The predicted molar refractivity (Wildman–Crippen MR) is 107 cm³/mol. The molecule has 0 radical (unpaired) electrons. The second kappa shape index (κ2) is 5.36. The first-order chi connectivity index (χ1) is 12.3. The van der Waals surface area contributed by atoms with Crippen molar-refractivity contribution in [3.05, 3.63) is 60.7 Å². The lowest BCUT2D eigenvalue weighted by atomic mass is 9.99. The van der Waals surface area contributed by atoms with Crippen molar-refractivity contribution >= 4 is 53.1 Å². The molecule has 0 spiro atoms. The standard InChI is InChI=1S/C22H16O2S/c1-23-15-8-9-17-14(11-15)12-18(24-2)22-21(17)20-16-6-4-3-5-13(16)7-10-19(20)25-22/h3-12H,1-2H3. The van der Waals surface area contributed by atoms with E-state index in [0.29, 0.717) is 0 Å². The number of hydrogen-bond donors (Lipinski definition) is 0. The third kappa shape index (κ3) is 2.02. The zero-order valence-electron chi connectivity index (χ0n) is 14.0. The molecule has 0 atom stereocenters. The number of thiophene rings is 1. The van der Waals surface area contributed by atoms with Crippen LogP contribution in [0.2, 0.25) is 0 Å². The minimum atomic E-state index is 0.860. The molecule has 0 amide bonds. The summed E-state index contributed by atoms with van der Waals surface area (Å²) in [6, 6.07) is 21.4. The summed E-state index contributed by atoms with van der Waals surface area (Å²) in [6.07, 6.45) is 0. The first-order valence-electron chi connectivity index (χ1n) is 8.19. The molecule has 5 aromatic rings. The van der Waals surface area contributed by atoms with Crippen LogP contribution in [0.15, 0.2) is 60.7 Å². The smallest absolute Gasteiger partial charge is 0.137 e. The Morgan fingerprint density at radius 1 is 0.720 bits per heavy atom. The number of ether oxygens (including phenoxy) is 2. The van der Waals surface area contributed by atoms with Gasteiger partial charge in [-0.25, -0.2) is 0 Å². The highest BCUT2D eigenvalue weighted by Gasteiger charge is 2.16. The van der Waals surface area contributed by atoms with Gasteiger partial charge < -0.3 is 9.47 Å². The quantitative estimate of drug-likeness (QED) is 0.370. The summed E-state index contributed by atoms with van der Waals surface area (Å²) in [5, 5.41) is 7.51. The van der Waals surface area contributed by atoms with Gasteiger partial charge in [0, 0.05) is 15.5 Å². The molecule has 2 nitrogen and oxygen atoms in total. The van der Waals surface area contributed by atoms with Crippen molar-refractivity contribution in [2.45, 2.75) is 0 Å². The van der Waals surface area contributed by atoms with E-state index in [1.54, 1.807) is 25.6 Å². The zero-order valence-corrected chi connectivity index (χ0v) is 14.8. The first kappa shape index (κ1) is 14.6.